The molecule has 2 N–H and O–H groups in total. The summed E-state index contributed by atoms with van der Waals surface area (Å²) in [5.41, 5.74) is 5.48. The van der Waals surface area contributed by atoms with Crippen LogP contribution in [-0.2, 0) is 14.3 Å². The lowest BCUT2D eigenvalue weighted by Gasteiger charge is -2.16. The van der Waals surface area contributed by atoms with Gasteiger partial charge >= 0.3 is 5.97 Å². The molecule has 0 amide bonds. The zero-order valence-corrected chi connectivity index (χ0v) is 7.45. The lowest BCUT2D eigenvalue weighted by Crippen LogP contribution is -2.42. The average Bonchev–Trinajstić information content (AvgIpc) is 2.11. The van der Waals surface area contributed by atoms with Crippen molar-refractivity contribution in [3.8, 4) is 0 Å². The number of methoxy groups -OCH3 is 1. The first kappa shape index (κ1) is 11.1. The number of esters is 1. The minimum Gasteiger partial charge on any atom is -0.468 e. The highest BCUT2D eigenvalue weighted by Gasteiger charge is 2.21. The third-order valence-electron chi connectivity index (χ3n) is 1.46. The Morgan fingerprint density at radius 1 is 1.75 bits per heavy atom. The van der Waals surface area contributed by atoms with Crippen LogP contribution in [-0.4, -0.2) is 31.8 Å². The fourth-order valence-electron chi connectivity index (χ4n) is 0.651. The Morgan fingerprint density at radius 2 is 2.33 bits per heavy atom. The Balaban J connectivity index is 3.82. The van der Waals surface area contributed by atoms with Gasteiger partial charge in [0.25, 0.3) is 0 Å². The monoisotopic (exact) mass is 173 g/mol. The molecule has 0 aromatic rings. The molecule has 0 aromatic carbocycles. The van der Waals surface area contributed by atoms with Crippen molar-refractivity contribution >= 4 is 5.97 Å². The summed E-state index contributed by atoms with van der Waals surface area (Å²) in [6, 6.07) is -0.727. The second kappa shape index (κ2) is 5.74. The summed E-state index contributed by atoms with van der Waals surface area (Å²) in [6.07, 6.45) is 1.25. The van der Waals surface area contributed by atoms with E-state index in [1.54, 1.807) is 13.0 Å². The van der Waals surface area contributed by atoms with Crippen LogP contribution in [0.2, 0.25) is 0 Å². The Morgan fingerprint density at radius 3 is 2.75 bits per heavy atom. The second-order valence-electron chi connectivity index (χ2n) is 2.38. The summed E-state index contributed by atoms with van der Waals surface area (Å²) in [5, 5.41) is 0. The van der Waals surface area contributed by atoms with Crippen LogP contribution in [0.1, 0.15) is 6.92 Å². The van der Waals surface area contributed by atoms with Gasteiger partial charge in [0.2, 0.25) is 0 Å². The van der Waals surface area contributed by atoms with Gasteiger partial charge in [-0.25, -0.2) is 0 Å². The van der Waals surface area contributed by atoms with Crippen LogP contribution in [0.15, 0.2) is 12.7 Å². The van der Waals surface area contributed by atoms with Gasteiger partial charge in [-0.3, -0.25) is 4.79 Å². The maximum atomic E-state index is 10.9. The molecule has 4 heteroatoms. The van der Waals surface area contributed by atoms with Crippen LogP contribution in [0, 0.1) is 0 Å². The van der Waals surface area contributed by atoms with Gasteiger partial charge in [-0.15, -0.1) is 6.58 Å². The predicted molar refractivity (Wildman–Crippen MR) is 45.6 cm³/mol. The van der Waals surface area contributed by atoms with Crippen LogP contribution in [0.3, 0.4) is 0 Å². The summed E-state index contributed by atoms with van der Waals surface area (Å²) < 4.78 is 9.58. The van der Waals surface area contributed by atoms with Crippen molar-refractivity contribution in [3.05, 3.63) is 12.7 Å². The summed E-state index contributed by atoms with van der Waals surface area (Å²) in [4.78, 5) is 10.9. The molecule has 0 aliphatic rings. The van der Waals surface area contributed by atoms with Gasteiger partial charge in [-0.1, -0.05) is 6.08 Å². The van der Waals surface area contributed by atoms with Gasteiger partial charge in [0.05, 0.1) is 19.8 Å². The molecule has 0 radical (unpaired) electrons. The smallest absolute Gasteiger partial charge is 0.325 e. The van der Waals surface area contributed by atoms with Crippen molar-refractivity contribution in [3.63, 3.8) is 0 Å². The van der Waals surface area contributed by atoms with Crippen molar-refractivity contribution in [1.29, 1.82) is 0 Å². The van der Waals surface area contributed by atoms with E-state index in [0.29, 0.717) is 6.61 Å². The number of carbonyl (C=O) groups excluding carboxylic acids is 1. The number of hydrogen-bond acceptors (Lipinski definition) is 4. The van der Waals surface area contributed by atoms with Gasteiger partial charge in [0.15, 0.2) is 0 Å². The third kappa shape index (κ3) is 3.50. The lowest BCUT2D eigenvalue weighted by molar-refractivity contribution is -0.145. The highest BCUT2D eigenvalue weighted by Crippen LogP contribution is 1.97. The molecule has 2 atom stereocenters. The molecule has 0 spiro atoms. The van der Waals surface area contributed by atoms with Crippen LogP contribution < -0.4 is 5.73 Å². The summed E-state index contributed by atoms with van der Waals surface area (Å²) in [7, 11) is 1.29. The summed E-state index contributed by atoms with van der Waals surface area (Å²) in [5.74, 6) is -0.466. The Kier molecular flexibility index (Phi) is 5.32. The number of ether oxygens (including phenoxy) is 2. The molecule has 4 nitrogen and oxygen atoms in total. The van der Waals surface area contributed by atoms with Crippen molar-refractivity contribution in [2.75, 3.05) is 13.7 Å². The molecule has 0 aromatic heterocycles. The van der Waals surface area contributed by atoms with E-state index >= 15 is 0 Å². The molecule has 0 unspecified atom stereocenters. The quantitative estimate of drug-likeness (QED) is 0.472. The molecule has 0 saturated heterocycles. The van der Waals surface area contributed by atoms with Crippen LogP contribution in [0.4, 0.5) is 0 Å². The maximum Gasteiger partial charge on any atom is 0.325 e. The van der Waals surface area contributed by atoms with Crippen molar-refractivity contribution < 1.29 is 14.3 Å². The highest BCUT2D eigenvalue weighted by molar-refractivity contribution is 5.75. The molecule has 12 heavy (non-hydrogen) atoms. The largest absolute Gasteiger partial charge is 0.468 e. The molecule has 0 rings (SSSR count). The Labute approximate surface area is 72.3 Å². The van der Waals surface area contributed by atoms with Crippen molar-refractivity contribution in [2.24, 2.45) is 5.73 Å². The number of carbonyl (C=O) groups is 1. The molecular formula is C8H15NO3. The van der Waals surface area contributed by atoms with E-state index in [1.165, 1.54) is 7.11 Å². The third-order valence-corrected chi connectivity index (χ3v) is 1.46. The van der Waals surface area contributed by atoms with Crippen LogP contribution in [0.25, 0.3) is 0 Å². The Hall–Kier alpha value is -0.870. The van der Waals surface area contributed by atoms with E-state index in [-0.39, 0.29) is 6.10 Å². The average molecular weight is 173 g/mol. The fourth-order valence-corrected chi connectivity index (χ4v) is 0.651. The first-order valence-corrected chi connectivity index (χ1v) is 3.69. The minimum absolute atomic E-state index is 0.351. The van der Waals surface area contributed by atoms with E-state index in [9.17, 15) is 4.79 Å². The van der Waals surface area contributed by atoms with Gasteiger partial charge in [-0.05, 0) is 6.92 Å². The molecule has 0 heterocycles. The number of nitrogens with two attached hydrogens (primary N) is 1. The van der Waals surface area contributed by atoms with Gasteiger partial charge < -0.3 is 15.2 Å². The maximum absolute atomic E-state index is 10.9. The topological polar surface area (TPSA) is 61.5 Å². The van der Waals surface area contributed by atoms with E-state index in [1.807, 2.05) is 0 Å². The molecule has 0 bridgehead atoms. The lowest BCUT2D eigenvalue weighted by atomic mass is 10.2. The van der Waals surface area contributed by atoms with Crippen molar-refractivity contribution in [1.82, 2.24) is 0 Å². The van der Waals surface area contributed by atoms with E-state index in [0.717, 1.165) is 0 Å². The predicted octanol–water partition coefficient (Wildman–Crippen LogP) is 0.0778. The second-order valence-corrected chi connectivity index (χ2v) is 2.38. The van der Waals surface area contributed by atoms with Gasteiger partial charge in [0.1, 0.15) is 6.04 Å². The first-order valence-electron chi connectivity index (χ1n) is 3.69. The molecule has 0 fully saturated rings. The van der Waals surface area contributed by atoms with E-state index < -0.39 is 12.0 Å². The molecule has 70 valence electrons. The Bertz CT molecular complexity index is 158. The van der Waals surface area contributed by atoms with E-state index in [4.69, 9.17) is 10.5 Å². The molecule has 0 aliphatic heterocycles. The number of rotatable bonds is 5. The standard InChI is InChI=1S/C8H15NO3/c1-4-5-12-6(2)7(9)8(10)11-3/h4,6-7H,1,5,9H2,2-3H3/t6-,7+/m1/s1. The van der Waals surface area contributed by atoms with Crippen LogP contribution in [0.5, 0.6) is 0 Å². The normalized spacial score (nSPS) is 14.9. The van der Waals surface area contributed by atoms with Gasteiger partial charge in [-0.2, -0.15) is 0 Å². The van der Waals surface area contributed by atoms with Crippen LogP contribution >= 0.6 is 0 Å². The zero-order chi connectivity index (χ0) is 9.56. The number of hydrogen-bond donors (Lipinski definition) is 1. The first-order chi connectivity index (χ1) is 5.63. The van der Waals surface area contributed by atoms with Gasteiger partial charge in [0, 0.05) is 0 Å². The SMILES string of the molecule is C=CCO[C@H](C)[C@H](N)C(=O)OC. The summed E-state index contributed by atoms with van der Waals surface area (Å²) in [6.45, 7) is 5.57. The summed E-state index contributed by atoms with van der Waals surface area (Å²) >= 11 is 0. The minimum atomic E-state index is -0.727. The zero-order valence-electron chi connectivity index (χ0n) is 7.45. The molecule has 0 aliphatic carbocycles. The highest BCUT2D eigenvalue weighted by atomic mass is 16.5. The molecular weight excluding hydrogens is 158 g/mol. The van der Waals surface area contributed by atoms with Crippen molar-refractivity contribution in [2.45, 2.75) is 19.1 Å². The molecule has 0 saturated carbocycles. The van der Waals surface area contributed by atoms with E-state index in [2.05, 4.69) is 11.3 Å². The fraction of sp³-hybridized carbons (Fsp3) is 0.625.